The number of amides is 1. The second kappa shape index (κ2) is 5.87. The topological polar surface area (TPSA) is 92.4 Å². The van der Waals surface area contributed by atoms with Crippen molar-refractivity contribution in [3.8, 4) is 0 Å². The predicted octanol–water partition coefficient (Wildman–Crippen LogP) is -0.243. The first kappa shape index (κ1) is 10.6. The Kier molecular flexibility index (Phi) is 3.90. The zero-order valence-corrected chi connectivity index (χ0v) is 8.64. The summed E-state index contributed by atoms with van der Waals surface area (Å²) < 4.78 is 7.30. The van der Waals surface area contributed by atoms with Crippen molar-refractivity contribution in [2.75, 3.05) is 6.54 Å². The molecule has 0 unspecified atom stereocenters. The summed E-state index contributed by atoms with van der Waals surface area (Å²) in [5.41, 5.74) is 5.85. The van der Waals surface area contributed by atoms with Crippen LogP contribution in [-0.2, 0) is 16.0 Å². The van der Waals surface area contributed by atoms with Gasteiger partial charge in [0.2, 0.25) is 5.91 Å². The van der Waals surface area contributed by atoms with Gasteiger partial charge in [0.15, 0.2) is 0 Å². The molecule has 0 spiro atoms. The van der Waals surface area contributed by atoms with Gasteiger partial charge in [0.05, 0.1) is 7.92 Å². The van der Waals surface area contributed by atoms with Gasteiger partial charge >= 0.3 is 5.97 Å². The lowest BCUT2D eigenvalue weighted by atomic mass is 10.1. The van der Waals surface area contributed by atoms with Gasteiger partial charge in [-0.1, -0.05) is 30.3 Å². The Balaban J connectivity index is 2.70. The molecule has 0 radical (unpaired) electrons. The number of carbonyl (C=O) groups is 2. The van der Waals surface area contributed by atoms with Gasteiger partial charge in [0, 0.05) is 6.42 Å². The fourth-order valence-corrected chi connectivity index (χ4v) is 1.25. The summed E-state index contributed by atoms with van der Waals surface area (Å²) in [6.45, 7) is -0.241. The third kappa shape index (κ3) is 3.70. The van der Waals surface area contributed by atoms with Crippen LogP contribution in [0, 0.1) is 0 Å². The highest BCUT2D eigenvalue weighted by Gasteiger charge is 2.19. The summed E-state index contributed by atoms with van der Waals surface area (Å²) in [5, 5.41) is 11.3. The predicted molar refractivity (Wildman–Crippen MR) is 58.8 cm³/mol. The van der Waals surface area contributed by atoms with Crippen molar-refractivity contribution >= 4 is 11.9 Å². The number of carbonyl (C=O) groups excluding carboxylic acids is 1. The van der Waals surface area contributed by atoms with E-state index in [0.717, 1.165) is 5.56 Å². The van der Waals surface area contributed by atoms with E-state index in [4.69, 9.17) is 12.2 Å². The molecule has 5 heteroatoms. The number of rotatable bonds is 5. The fourth-order valence-electron chi connectivity index (χ4n) is 1.25. The van der Waals surface area contributed by atoms with Gasteiger partial charge in [0.1, 0.15) is 6.04 Å². The Labute approximate surface area is 94.7 Å². The lowest BCUT2D eigenvalue weighted by molar-refractivity contribution is -0.141. The van der Waals surface area contributed by atoms with E-state index in [1.54, 1.807) is 24.3 Å². The minimum Gasteiger partial charge on any atom is -0.480 e. The first-order valence-corrected chi connectivity index (χ1v) is 4.80. The highest BCUT2D eigenvalue weighted by Crippen LogP contribution is 2.03. The molecule has 0 saturated heterocycles. The zero-order chi connectivity index (χ0) is 12.8. The van der Waals surface area contributed by atoms with Gasteiger partial charge in [-0.3, -0.25) is 4.79 Å². The summed E-state index contributed by atoms with van der Waals surface area (Å²) in [7, 11) is 0. The van der Waals surface area contributed by atoms with Gasteiger partial charge in [-0.05, 0) is 5.56 Å². The molecule has 0 aromatic heterocycles. The van der Waals surface area contributed by atoms with Gasteiger partial charge in [0.25, 0.3) is 0 Å². The lowest BCUT2D eigenvalue weighted by Gasteiger charge is -2.13. The SMILES string of the molecule is [3H]c1ccc(C[C@H](NC(=O)CN)C(=O)O)cc1. The second-order valence-corrected chi connectivity index (χ2v) is 3.27. The van der Waals surface area contributed by atoms with E-state index in [9.17, 15) is 9.59 Å². The molecular formula is C11H14N2O3. The van der Waals surface area contributed by atoms with Gasteiger partial charge < -0.3 is 16.2 Å². The molecular weight excluding hydrogens is 208 g/mol. The third-order valence-corrected chi connectivity index (χ3v) is 2.05. The molecule has 0 fully saturated rings. The van der Waals surface area contributed by atoms with Crippen LogP contribution in [0.4, 0.5) is 0 Å². The highest BCUT2D eigenvalue weighted by atomic mass is 16.4. The molecule has 0 aliphatic heterocycles. The fraction of sp³-hybridized carbons (Fsp3) is 0.273. The van der Waals surface area contributed by atoms with Crippen molar-refractivity contribution in [3.63, 3.8) is 0 Å². The molecule has 1 amide bonds. The molecule has 0 saturated carbocycles. The van der Waals surface area contributed by atoms with Crippen molar-refractivity contribution in [3.05, 3.63) is 35.9 Å². The van der Waals surface area contributed by atoms with Crippen LogP contribution in [0.3, 0.4) is 0 Å². The Morgan fingerprint density at radius 1 is 1.50 bits per heavy atom. The van der Waals surface area contributed by atoms with Crippen LogP contribution in [0.5, 0.6) is 0 Å². The minimum atomic E-state index is -1.11. The Hall–Kier alpha value is -1.88. The monoisotopic (exact) mass is 224 g/mol. The summed E-state index contributed by atoms with van der Waals surface area (Å²) in [4.78, 5) is 22.0. The number of hydrogen-bond acceptors (Lipinski definition) is 3. The summed E-state index contributed by atoms with van der Waals surface area (Å²) in [6, 6.07) is 5.81. The molecule has 0 aliphatic carbocycles. The van der Waals surface area contributed by atoms with Crippen LogP contribution in [0.25, 0.3) is 0 Å². The number of aliphatic carboxylic acids is 1. The Morgan fingerprint density at radius 2 is 2.12 bits per heavy atom. The highest BCUT2D eigenvalue weighted by molar-refractivity contribution is 5.84. The summed E-state index contributed by atoms with van der Waals surface area (Å²) in [6.07, 6.45) is 0.168. The van der Waals surface area contributed by atoms with Crippen molar-refractivity contribution in [2.45, 2.75) is 12.5 Å². The van der Waals surface area contributed by atoms with Crippen molar-refractivity contribution in [1.29, 1.82) is 0 Å². The van der Waals surface area contributed by atoms with E-state index in [1.807, 2.05) is 0 Å². The number of carboxylic acid groups (broad SMARTS) is 1. The average molecular weight is 224 g/mol. The lowest BCUT2D eigenvalue weighted by Crippen LogP contribution is -2.44. The number of nitrogens with one attached hydrogen (secondary N) is 1. The van der Waals surface area contributed by atoms with Crippen LogP contribution in [0.2, 0.25) is 0 Å². The second-order valence-electron chi connectivity index (χ2n) is 3.27. The molecule has 0 aliphatic rings. The number of carboxylic acids is 1. The minimum absolute atomic E-state index is 0.168. The van der Waals surface area contributed by atoms with Gasteiger partial charge in [-0.25, -0.2) is 4.79 Å². The van der Waals surface area contributed by atoms with Crippen LogP contribution < -0.4 is 11.1 Å². The van der Waals surface area contributed by atoms with E-state index in [2.05, 4.69) is 5.32 Å². The molecule has 16 heavy (non-hydrogen) atoms. The molecule has 5 nitrogen and oxygen atoms in total. The number of nitrogens with two attached hydrogens (primary N) is 1. The third-order valence-electron chi connectivity index (χ3n) is 2.05. The van der Waals surface area contributed by atoms with E-state index < -0.39 is 17.9 Å². The Morgan fingerprint density at radius 3 is 2.62 bits per heavy atom. The summed E-state index contributed by atoms with van der Waals surface area (Å²) >= 11 is 0. The van der Waals surface area contributed by atoms with E-state index in [0.29, 0.717) is 6.04 Å². The van der Waals surface area contributed by atoms with Crippen LogP contribution in [0.15, 0.2) is 30.3 Å². The number of benzene rings is 1. The molecule has 1 atom stereocenters. The maximum Gasteiger partial charge on any atom is 0.326 e. The molecule has 1 rings (SSSR count). The van der Waals surface area contributed by atoms with Crippen molar-refractivity contribution < 1.29 is 16.1 Å². The smallest absolute Gasteiger partial charge is 0.326 e. The first-order chi connectivity index (χ1) is 8.02. The molecule has 86 valence electrons. The van der Waals surface area contributed by atoms with Crippen LogP contribution in [-0.4, -0.2) is 29.6 Å². The average Bonchev–Trinajstić information content (AvgIpc) is 2.30. The largest absolute Gasteiger partial charge is 0.480 e. The molecule has 4 N–H and O–H groups in total. The van der Waals surface area contributed by atoms with E-state index in [-0.39, 0.29) is 13.0 Å². The Bertz CT molecular complexity index is 406. The van der Waals surface area contributed by atoms with E-state index >= 15 is 0 Å². The normalized spacial score (nSPS) is 12.7. The summed E-state index contributed by atoms with van der Waals surface area (Å²) in [5.74, 6) is -1.61. The molecule has 0 bridgehead atoms. The molecule has 0 heterocycles. The quantitative estimate of drug-likeness (QED) is 0.643. The van der Waals surface area contributed by atoms with Crippen LogP contribution >= 0.6 is 0 Å². The first-order valence-electron chi connectivity index (χ1n) is 5.30. The maximum absolute atomic E-state index is 11.0. The molecule has 1 aromatic carbocycles. The maximum atomic E-state index is 11.0. The van der Waals surface area contributed by atoms with Gasteiger partial charge in [-0.15, -0.1) is 0 Å². The molecule has 1 aromatic rings. The number of hydrogen-bond donors (Lipinski definition) is 3. The zero-order valence-electron chi connectivity index (χ0n) is 9.64. The van der Waals surface area contributed by atoms with Crippen molar-refractivity contribution in [2.24, 2.45) is 5.73 Å². The standard InChI is InChI=1S/C11H14N2O3/c12-7-10(14)13-9(11(15)16)6-8-4-2-1-3-5-8/h1-5,9H,6-7,12H2,(H,13,14)(H,15,16)/t9-/m0/s1/i1T. The van der Waals surface area contributed by atoms with E-state index in [1.165, 1.54) is 0 Å². The van der Waals surface area contributed by atoms with Crippen molar-refractivity contribution in [1.82, 2.24) is 5.32 Å². The van der Waals surface area contributed by atoms with Gasteiger partial charge in [-0.2, -0.15) is 0 Å². The van der Waals surface area contributed by atoms with Crippen LogP contribution in [0.1, 0.15) is 6.93 Å².